The van der Waals surface area contributed by atoms with Crippen LogP contribution in [0.3, 0.4) is 0 Å². The lowest BCUT2D eigenvalue weighted by atomic mass is 10.1. The number of benzene rings is 1. The van der Waals surface area contributed by atoms with Crippen molar-refractivity contribution >= 4 is 12.0 Å². The predicted octanol–water partition coefficient (Wildman–Crippen LogP) is 3.99. The highest BCUT2D eigenvalue weighted by Gasteiger charge is 1.97. The van der Waals surface area contributed by atoms with Gasteiger partial charge < -0.3 is 5.32 Å². The number of pyridine rings is 1. The molecule has 0 aliphatic heterocycles. The molecular formula is C16H19N3. The summed E-state index contributed by atoms with van der Waals surface area (Å²) in [6.45, 7) is 4.23. The molecule has 1 aromatic heterocycles. The van der Waals surface area contributed by atoms with E-state index in [1.165, 1.54) is 0 Å². The standard InChI is InChI=1S/C16H19N3/c1-3-13(2)18-12-19-15-9-7-14(8-10-15)16-6-4-5-11-17-16/h4-13H,3H2,1-2H3,(H,18,19). The van der Waals surface area contributed by atoms with Crippen LogP contribution in [0.15, 0.2) is 53.7 Å². The van der Waals surface area contributed by atoms with Gasteiger partial charge in [-0.1, -0.05) is 25.1 Å². The summed E-state index contributed by atoms with van der Waals surface area (Å²) >= 11 is 0. The maximum Gasteiger partial charge on any atom is 0.0871 e. The van der Waals surface area contributed by atoms with Crippen LogP contribution in [0, 0.1) is 0 Å². The highest BCUT2D eigenvalue weighted by molar-refractivity contribution is 5.76. The first-order valence-corrected chi connectivity index (χ1v) is 6.59. The van der Waals surface area contributed by atoms with Gasteiger partial charge in [0.25, 0.3) is 0 Å². The molecule has 3 nitrogen and oxygen atoms in total. The van der Waals surface area contributed by atoms with E-state index >= 15 is 0 Å². The van der Waals surface area contributed by atoms with Crippen molar-refractivity contribution in [3.8, 4) is 11.3 Å². The van der Waals surface area contributed by atoms with E-state index < -0.39 is 0 Å². The van der Waals surface area contributed by atoms with Crippen LogP contribution in [-0.2, 0) is 0 Å². The van der Waals surface area contributed by atoms with E-state index in [9.17, 15) is 0 Å². The van der Waals surface area contributed by atoms with E-state index in [4.69, 9.17) is 0 Å². The van der Waals surface area contributed by atoms with E-state index in [2.05, 4.69) is 41.3 Å². The van der Waals surface area contributed by atoms with Crippen molar-refractivity contribution in [3.63, 3.8) is 0 Å². The summed E-state index contributed by atoms with van der Waals surface area (Å²) in [4.78, 5) is 8.70. The minimum Gasteiger partial charge on any atom is -0.347 e. The summed E-state index contributed by atoms with van der Waals surface area (Å²) in [5, 5.41) is 3.18. The molecule has 0 saturated heterocycles. The van der Waals surface area contributed by atoms with Crippen molar-refractivity contribution < 1.29 is 0 Å². The monoisotopic (exact) mass is 253 g/mol. The fourth-order valence-corrected chi connectivity index (χ4v) is 1.62. The number of rotatable bonds is 5. The fraction of sp³-hybridized carbons (Fsp3) is 0.250. The summed E-state index contributed by atoms with van der Waals surface area (Å²) in [5.41, 5.74) is 3.14. The van der Waals surface area contributed by atoms with Crippen molar-refractivity contribution in [3.05, 3.63) is 48.7 Å². The lowest BCUT2D eigenvalue weighted by Crippen LogP contribution is -2.00. The molecule has 3 heteroatoms. The number of nitrogens with zero attached hydrogens (tertiary/aromatic N) is 2. The van der Waals surface area contributed by atoms with Gasteiger partial charge in [-0.05, 0) is 37.6 Å². The van der Waals surface area contributed by atoms with Gasteiger partial charge >= 0.3 is 0 Å². The van der Waals surface area contributed by atoms with Gasteiger partial charge in [0, 0.05) is 23.5 Å². The van der Waals surface area contributed by atoms with Crippen molar-refractivity contribution in [1.29, 1.82) is 0 Å². The molecule has 0 radical (unpaired) electrons. The second-order valence-electron chi connectivity index (χ2n) is 4.47. The first-order valence-electron chi connectivity index (χ1n) is 6.59. The topological polar surface area (TPSA) is 37.3 Å². The maximum absolute atomic E-state index is 4.37. The highest BCUT2D eigenvalue weighted by Crippen LogP contribution is 2.18. The smallest absolute Gasteiger partial charge is 0.0871 e. The van der Waals surface area contributed by atoms with Crippen molar-refractivity contribution in [2.24, 2.45) is 4.99 Å². The Morgan fingerprint density at radius 2 is 2.00 bits per heavy atom. The average molecular weight is 253 g/mol. The quantitative estimate of drug-likeness (QED) is 0.646. The molecule has 0 spiro atoms. The zero-order chi connectivity index (χ0) is 13.5. The van der Waals surface area contributed by atoms with Crippen LogP contribution in [0.2, 0.25) is 0 Å². The van der Waals surface area contributed by atoms with Crippen LogP contribution < -0.4 is 5.32 Å². The van der Waals surface area contributed by atoms with Crippen LogP contribution in [0.4, 0.5) is 5.69 Å². The lowest BCUT2D eigenvalue weighted by Gasteiger charge is -2.04. The van der Waals surface area contributed by atoms with Crippen molar-refractivity contribution in [2.45, 2.75) is 26.3 Å². The summed E-state index contributed by atoms with van der Waals surface area (Å²) in [6.07, 6.45) is 4.63. The zero-order valence-electron chi connectivity index (χ0n) is 11.4. The fourth-order valence-electron chi connectivity index (χ4n) is 1.62. The Balaban J connectivity index is 2.01. The Morgan fingerprint density at radius 3 is 2.63 bits per heavy atom. The Bertz CT molecular complexity index is 517. The van der Waals surface area contributed by atoms with Gasteiger partial charge in [-0.2, -0.15) is 0 Å². The molecule has 0 saturated carbocycles. The molecule has 0 bridgehead atoms. The van der Waals surface area contributed by atoms with Gasteiger partial charge in [-0.3, -0.25) is 9.98 Å². The molecule has 1 N–H and O–H groups in total. The van der Waals surface area contributed by atoms with Crippen molar-refractivity contribution in [1.82, 2.24) is 4.98 Å². The van der Waals surface area contributed by atoms with Crippen LogP contribution in [0.25, 0.3) is 11.3 Å². The molecule has 1 heterocycles. The third-order valence-electron chi connectivity index (χ3n) is 3.00. The zero-order valence-corrected chi connectivity index (χ0v) is 11.4. The van der Waals surface area contributed by atoms with Gasteiger partial charge in [-0.25, -0.2) is 0 Å². The second kappa shape index (κ2) is 6.69. The maximum atomic E-state index is 4.37. The van der Waals surface area contributed by atoms with Gasteiger partial charge in [0.2, 0.25) is 0 Å². The predicted molar refractivity (Wildman–Crippen MR) is 81.5 cm³/mol. The molecule has 0 aliphatic rings. The normalized spacial score (nSPS) is 12.5. The SMILES string of the molecule is CCC(C)N=CNc1ccc(-c2ccccn2)cc1. The molecule has 2 rings (SSSR count). The number of nitrogens with one attached hydrogen (secondary N) is 1. The van der Waals surface area contributed by atoms with Crippen LogP contribution in [-0.4, -0.2) is 17.4 Å². The third kappa shape index (κ3) is 3.91. The molecule has 0 aliphatic carbocycles. The molecule has 2 aromatic rings. The third-order valence-corrected chi connectivity index (χ3v) is 3.00. The summed E-state index contributed by atoms with van der Waals surface area (Å²) in [6, 6.07) is 14.5. The lowest BCUT2D eigenvalue weighted by molar-refractivity contribution is 0.720. The summed E-state index contributed by atoms with van der Waals surface area (Å²) in [7, 11) is 0. The largest absolute Gasteiger partial charge is 0.347 e. The Kier molecular flexibility index (Phi) is 4.67. The van der Waals surface area contributed by atoms with Gasteiger partial charge in [0.15, 0.2) is 0 Å². The summed E-state index contributed by atoms with van der Waals surface area (Å²) < 4.78 is 0. The molecule has 0 fully saturated rings. The molecule has 0 amide bonds. The molecule has 1 unspecified atom stereocenters. The molecule has 98 valence electrons. The molecular weight excluding hydrogens is 234 g/mol. The van der Waals surface area contributed by atoms with E-state index in [1.54, 1.807) is 12.5 Å². The first-order chi connectivity index (χ1) is 9.29. The second-order valence-corrected chi connectivity index (χ2v) is 4.47. The Labute approximate surface area is 114 Å². The number of aromatic nitrogens is 1. The molecule has 19 heavy (non-hydrogen) atoms. The minimum absolute atomic E-state index is 0.361. The highest BCUT2D eigenvalue weighted by atomic mass is 14.9. The van der Waals surface area contributed by atoms with Crippen molar-refractivity contribution in [2.75, 3.05) is 5.32 Å². The van der Waals surface area contributed by atoms with E-state index in [0.717, 1.165) is 23.4 Å². The number of aliphatic imine (C=N–C) groups is 1. The molecule has 1 atom stereocenters. The van der Waals surface area contributed by atoms with Gasteiger partial charge in [0.1, 0.15) is 0 Å². The van der Waals surface area contributed by atoms with Crippen LogP contribution in [0.1, 0.15) is 20.3 Å². The average Bonchev–Trinajstić information content (AvgIpc) is 2.48. The number of hydrogen-bond donors (Lipinski definition) is 1. The Hall–Kier alpha value is -2.16. The van der Waals surface area contributed by atoms with Crippen LogP contribution >= 0.6 is 0 Å². The van der Waals surface area contributed by atoms with E-state index in [0.29, 0.717) is 6.04 Å². The number of anilines is 1. The molecule has 1 aromatic carbocycles. The van der Waals surface area contributed by atoms with Gasteiger partial charge in [-0.15, -0.1) is 0 Å². The minimum atomic E-state index is 0.361. The first kappa shape index (κ1) is 13.3. The van der Waals surface area contributed by atoms with E-state index in [-0.39, 0.29) is 0 Å². The summed E-state index contributed by atoms with van der Waals surface area (Å²) in [5.74, 6) is 0. The number of hydrogen-bond acceptors (Lipinski definition) is 2. The van der Waals surface area contributed by atoms with Crippen LogP contribution in [0.5, 0.6) is 0 Å². The Morgan fingerprint density at radius 1 is 1.21 bits per heavy atom. The van der Waals surface area contributed by atoms with E-state index in [1.807, 2.05) is 30.3 Å². The van der Waals surface area contributed by atoms with Gasteiger partial charge in [0.05, 0.1) is 12.0 Å².